The van der Waals surface area contributed by atoms with E-state index < -0.39 is 32.5 Å². The average molecular weight is 751 g/mol. The quantitative estimate of drug-likeness (QED) is 0.0279. The van der Waals surface area contributed by atoms with Gasteiger partial charge >= 0.3 is 19.8 Å². The number of ether oxygens (including phenoxy) is 2. The van der Waals surface area contributed by atoms with Crippen molar-refractivity contribution in [1.29, 1.82) is 0 Å². The molecule has 0 heterocycles. The number of phosphoric acid groups is 1. The molecular weight excluding hydrogens is 675 g/mol. The number of hydrogen-bond donors (Lipinski definition) is 2. The van der Waals surface area contributed by atoms with Crippen LogP contribution in [0.4, 0.5) is 0 Å². The molecule has 0 unspecified atom stereocenters. The first kappa shape index (κ1) is 49.8. The van der Waals surface area contributed by atoms with E-state index in [4.69, 9.17) is 19.3 Å². The average Bonchev–Trinajstić information content (AvgIpc) is 3.11. The van der Waals surface area contributed by atoms with Crippen molar-refractivity contribution in [3.8, 4) is 0 Å². The number of hydrogen-bond acceptors (Lipinski definition) is 6. The summed E-state index contributed by atoms with van der Waals surface area (Å²) in [6.07, 6.45) is 48.0. The van der Waals surface area contributed by atoms with Gasteiger partial charge in [0.1, 0.15) is 6.61 Å². The summed E-state index contributed by atoms with van der Waals surface area (Å²) in [7, 11) is -4.76. The molecule has 0 fully saturated rings. The van der Waals surface area contributed by atoms with Crippen molar-refractivity contribution in [2.24, 2.45) is 0 Å². The van der Waals surface area contributed by atoms with Crippen LogP contribution in [0.15, 0.2) is 60.8 Å². The van der Waals surface area contributed by atoms with E-state index in [1.165, 1.54) is 77.0 Å². The van der Waals surface area contributed by atoms with Crippen LogP contribution in [0.3, 0.4) is 0 Å². The molecule has 0 saturated heterocycles. The van der Waals surface area contributed by atoms with Crippen LogP contribution in [0, 0.1) is 0 Å². The molecule has 300 valence electrons. The maximum absolute atomic E-state index is 12.4. The zero-order valence-corrected chi connectivity index (χ0v) is 33.8. The van der Waals surface area contributed by atoms with Crippen molar-refractivity contribution >= 4 is 19.8 Å². The second-order valence-electron chi connectivity index (χ2n) is 13.6. The minimum Gasteiger partial charge on any atom is -0.462 e. The van der Waals surface area contributed by atoms with Crippen LogP contribution >= 0.6 is 7.82 Å². The second-order valence-corrected chi connectivity index (χ2v) is 14.8. The smallest absolute Gasteiger partial charge is 0.462 e. The van der Waals surface area contributed by atoms with Crippen LogP contribution in [0.1, 0.15) is 181 Å². The normalized spacial score (nSPS) is 13.1. The number of phosphoric ester groups is 1. The minimum absolute atomic E-state index is 0.172. The van der Waals surface area contributed by atoms with Crippen molar-refractivity contribution in [2.75, 3.05) is 13.2 Å². The Morgan fingerprint density at radius 3 is 1.38 bits per heavy atom. The van der Waals surface area contributed by atoms with Gasteiger partial charge in [0.05, 0.1) is 6.61 Å². The molecule has 9 heteroatoms. The predicted molar refractivity (Wildman–Crippen MR) is 216 cm³/mol. The maximum atomic E-state index is 12.4. The topological polar surface area (TPSA) is 119 Å². The number of carbonyl (C=O) groups excluding carboxylic acids is 2. The van der Waals surface area contributed by atoms with E-state index in [2.05, 4.69) is 79.1 Å². The lowest BCUT2D eigenvalue weighted by atomic mass is 10.0. The molecule has 0 aliphatic rings. The fraction of sp³-hybridized carbons (Fsp3) is 0.721. The summed E-state index contributed by atoms with van der Waals surface area (Å²) >= 11 is 0. The third kappa shape index (κ3) is 40.5. The van der Waals surface area contributed by atoms with Gasteiger partial charge in [0.15, 0.2) is 6.10 Å². The molecule has 0 amide bonds. The summed E-state index contributed by atoms with van der Waals surface area (Å²) in [5, 5.41) is 0. The molecule has 52 heavy (non-hydrogen) atoms. The summed E-state index contributed by atoms with van der Waals surface area (Å²) in [6.45, 7) is 3.55. The highest BCUT2D eigenvalue weighted by Crippen LogP contribution is 2.36. The summed E-state index contributed by atoms with van der Waals surface area (Å²) in [6, 6.07) is 0. The zero-order valence-electron chi connectivity index (χ0n) is 32.9. The molecule has 0 saturated carbocycles. The van der Waals surface area contributed by atoms with Crippen molar-refractivity contribution in [1.82, 2.24) is 0 Å². The Balaban J connectivity index is 4.00. The Kier molecular flexibility index (Phi) is 36.8. The molecule has 0 bridgehead atoms. The van der Waals surface area contributed by atoms with Crippen LogP contribution in [-0.4, -0.2) is 41.0 Å². The molecule has 0 rings (SSSR count). The minimum atomic E-state index is -4.76. The van der Waals surface area contributed by atoms with Crippen molar-refractivity contribution in [3.05, 3.63) is 60.8 Å². The molecular formula is C43H75O8P. The number of rotatable bonds is 37. The molecule has 1 atom stereocenters. The molecule has 0 aromatic rings. The Hall–Kier alpha value is -2.25. The second kappa shape index (κ2) is 38.5. The highest BCUT2D eigenvalue weighted by Gasteiger charge is 2.22. The molecule has 0 aliphatic heterocycles. The summed E-state index contributed by atoms with van der Waals surface area (Å²) in [5.74, 6) is -0.922. The van der Waals surface area contributed by atoms with Crippen molar-refractivity contribution < 1.29 is 37.9 Å². The van der Waals surface area contributed by atoms with Gasteiger partial charge < -0.3 is 19.3 Å². The third-order valence-corrected chi connectivity index (χ3v) is 9.04. The van der Waals surface area contributed by atoms with E-state index in [0.717, 1.165) is 70.6 Å². The monoisotopic (exact) mass is 751 g/mol. The molecule has 0 aromatic carbocycles. The first-order chi connectivity index (χ1) is 25.3. The first-order valence-electron chi connectivity index (χ1n) is 20.6. The van der Waals surface area contributed by atoms with Crippen LogP contribution in [0.2, 0.25) is 0 Å². The van der Waals surface area contributed by atoms with Gasteiger partial charge in [0.2, 0.25) is 0 Å². The fourth-order valence-corrected chi connectivity index (χ4v) is 5.88. The van der Waals surface area contributed by atoms with Gasteiger partial charge in [-0.2, -0.15) is 0 Å². The largest absolute Gasteiger partial charge is 0.469 e. The molecule has 2 N–H and O–H groups in total. The zero-order chi connectivity index (χ0) is 38.2. The van der Waals surface area contributed by atoms with Gasteiger partial charge in [-0.25, -0.2) is 4.57 Å². The van der Waals surface area contributed by atoms with E-state index in [9.17, 15) is 14.2 Å². The van der Waals surface area contributed by atoms with E-state index in [0.29, 0.717) is 6.42 Å². The van der Waals surface area contributed by atoms with Gasteiger partial charge in [0, 0.05) is 12.8 Å². The van der Waals surface area contributed by atoms with Crippen LogP contribution < -0.4 is 0 Å². The first-order valence-corrected chi connectivity index (χ1v) is 22.1. The van der Waals surface area contributed by atoms with E-state index in [-0.39, 0.29) is 19.4 Å². The molecule has 0 aromatic heterocycles. The molecule has 8 nitrogen and oxygen atoms in total. The Morgan fingerprint density at radius 2 is 0.923 bits per heavy atom. The lowest BCUT2D eigenvalue weighted by Crippen LogP contribution is -2.29. The molecule has 0 spiro atoms. The van der Waals surface area contributed by atoms with E-state index in [1.54, 1.807) is 0 Å². The standard InChI is InChI=1S/C43H75O8P/c1-3-5-7-9-11-13-15-17-19-20-21-22-24-26-28-30-32-34-36-38-43(45)51-41(40-50-52(46,47)48)39-49-42(44)37-35-33-31-29-27-25-23-18-16-14-12-10-8-6-4-2/h5,7,11,13,17,19,21-22,26,28,41H,3-4,6,8-10,12,14-16,18,20,23-25,27,29-40H2,1-2H3,(H2,46,47,48)/b7-5-,13-11-,19-17-,22-21-,28-26-/t41-/m1/s1. The van der Waals surface area contributed by atoms with Gasteiger partial charge in [-0.05, 0) is 57.8 Å². The maximum Gasteiger partial charge on any atom is 0.469 e. The fourth-order valence-electron chi connectivity index (χ4n) is 5.52. The van der Waals surface area contributed by atoms with Crippen LogP contribution in [0.25, 0.3) is 0 Å². The van der Waals surface area contributed by atoms with Gasteiger partial charge in [-0.1, -0.05) is 171 Å². The third-order valence-electron chi connectivity index (χ3n) is 8.55. The summed E-state index contributed by atoms with van der Waals surface area (Å²) in [5.41, 5.74) is 0. The summed E-state index contributed by atoms with van der Waals surface area (Å²) in [4.78, 5) is 42.8. The lowest BCUT2D eigenvalue weighted by molar-refractivity contribution is -0.161. The van der Waals surface area contributed by atoms with Gasteiger partial charge in [-0.15, -0.1) is 0 Å². The lowest BCUT2D eigenvalue weighted by Gasteiger charge is -2.18. The SMILES string of the molecule is CC/C=C\C/C=C\C/C=C\C/C=C\C/C=C\CCCCCC(=O)O[C@H](COC(=O)CCCCCCCCCCCCCCCCC)COP(=O)(O)O. The highest BCUT2D eigenvalue weighted by molar-refractivity contribution is 7.46. The van der Waals surface area contributed by atoms with Gasteiger partial charge in [-0.3, -0.25) is 14.1 Å². The van der Waals surface area contributed by atoms with Gasteiger partial charge in [0.25, 0.3) is 0 Å². The highest BCUT2D eigenvalue weighted by atomic mass is 31.2. The van der Waals surface area contributed by atoms with E-state index >= 15 is 0 Å². The van der Waals surface area contributed by atoms with Crippen molar-refractivity contribution in [2.45, 2.75) is 187 Å². The Bertz CT molecular complexity index is 1030. The number of esters is 2. The summed E-state index contributed by atoms with van der Waals surface area (Å²) < 4.78 is 26.3. The predicted octanol–water partition coefficient (Wildman–Crippen LogP) is 12.5. The molecule has 0 aliphatic carbocycles. The van der Waals surface area contributed by atoms with Crippen molar-refractivity contribution in [3.63, 3.8) is 0 Å². The number of unbranched alkanes of at least 4 members (excludes halogenated alkanes) is 17. The number of carbonyl (C=O) groups is 2. The number of allylic oxidation sites excluding steroid dienone is 10. The van der Waals surface area contributed by atoms with E-state index in [1.807, 2.05) is 0 Å². The van der Waals surface area contributed by atoms with Crippen LogP contribution in [-0.2, 0) is 28.2 Å². The van der Waals surface area contributed by atoms with Crippen LogP contribution in [0.5, 0.6) is 0 Å². The Labute approximate surface area is 317 Å². The molecule has 0 radical (unpaired) electrons. The Morgan fingerprint density at radius 1 is 0.519 bits per heavy atom.